The summed E-state index contributed by atoms with van der Waals surface area (Å²) in [5.41, 5.74) is 9.14. The Hall–Kier alpha value is -4.16. The minimum atomic E-state index is -0.240. The van der Waals surface area contributed by atoms with Crippen molar-refractivity contribution in [3.63, 3.8) is 0 Å². The Morgan fingerprint density at radius 1 is 1.12 bits per heavy atom. The molecule has 0 aliphatic heterocycles. The van der Waals surface area contributed by atoms with Crippen LogP contribution in [0.3, 0.4) is 0 Å². The third-order valence-corrected chi connectivity index (χ3v) is 5.31. The number of hydrogen-bond donors (Lipinski definition) is 3. The van der Waals surface area contributed by atoms with Gasteiger partial charge in [-0.1, -0.05) is 36.4 Å². The molecule has 0 aliphatic carbocycles. The highest BCUT2D eigenvalue weighted by molar-refractivity contribution is 7.71. The van der Waals surface area contributed by atoms with E-state index in [1.807, 2.05) is 60.7 Å². The SMILES string of the molecule is N#Cc1c(CCCNC(=O)c2c[nH]c(=S)n2-c2ccccc2)nn(-c2ccccc2)c1N. The standard InChI is InChI=1S/C23H21N7OS/c24-14-18-19(28-30(21(18)25)17-10-5-2-6-11-17)12-7-13-26-22(31)20-15-27-23(32)29(20)16-8-3-1-4-9-16/h1-6,8-11,15H,7,12-13,25H2,(H,26,31)(H,27,32). The van der Waals surface area contributed by atoms with E-state index in [0.717, 1.165) is 11.4 Å². The first-order valence-electron chi connectivity index (χ1n) is 10.1. The summed E-state index contributed by atoms with van der Waals surface area (Å²) in [6, 6.07) is 21.0. The van der Waals surface area contributed by atoms with E-state index in [1.165, 1.54) is 0 Å². The molecule has 0 spiro atoms. The van der Waals surface area contributed by atoms with Crippen LogP contribution in [-0.2, 0) is 6.42 Å². The number of carbonyl (C=O) groups excluding carboxylic acids is 1. The maximum absolute atomic E-state index is 12.7. The number of benzene rings is 2. The Bertz CT molecular complexity index is 1330. The number of aromatic amines is 1. The molecule has 4 rings (SSSR count). The molecule has 0 saturated carbocycles. The van der Waals surface area contributed by atoms with Gasteiger partial charge in [0.2, 0.25) is 0 Å². The van der Waals surface area contributed by atoms with Crippen LogP contribution in [0.4, 0.5) is 5.82 Å². The summed E-state index contributed by atoms with van der Waals surface area (Å²) in [5, 5.41) is 16.9. The van der Waals surface area contributed by atoms with E-state index in [2.05, 4.69) is 21.5 Å². The highest BCUT2D eigenvalue weighted by Gasteiger charge is 2.17. The van der Waals surface area contributed by atoms with Gasteiger partial charge in [-0.3, -0.25) is 9.36 Å². The predicted molar refractivity (Wildman–Crippen MR) is 124 cm³/mol. The number of H-pyrrole nitrogens is 1. The van der Waals surface area contributed by atoms with Crippen LogP contribution in [0.15, 0.2) is 66.9 Å². The van der Waals surface area contributed by atoms with Crippen molar-refractivity contribution in [2.45, 2.75) is 12.8 Å². The summed E-state index contributed by atoms with van der Waals surface area (Å²) < 4.78 is 3.71. The van der Waals surface area contributed by atoms with Gasteiger partial charge in [-0.15, -0.1) is 0 Å². The zero-order valence-electron chi connectivity index (χ0n) is 17.2. The van der Waals surface area contributed by atoms with Crippen LogP contribution in [0.1, 0.15) is 28.2 Å². The van der Waals surface area contributed by atoms with Crippen molar-refractivity contribution in [1.82, 2.24) is 24.6 Å². The zero-order valence-corrected chi connectivity index (χ0v) is 18.0. The van der Waals surface area contributed by atoms with Crippen molar-refractivity contribution in [2.24, 2.45) is 0 Å². The normalized spacial score (nSPS) is 10.6. The number of nitrogens with zero attached hydrogens (tertiary/aromatic N) is 4. The number of aromatic nitrogens is 4. The molecule has 0 fully saturated rings. The van der Waals surface area contributed by atoms with Gasteiger partial charge in [-0.05, 0) is 49.3 Å². The molecule has 0 radical (unpaired) electrons. The Morgan fingerprint density at radius 2 is 1.78 bits per heavy atom. The number of nitrogen functional groups attached to an aromatic ring is 1. The lowest BCUT2D eigenvalue weighted by Gasteiger charge is -2.09. The molecule has 160 valence electrons. The Labute approximate surface area is 189 Å². The first kappa shape index (κ1) is 21.1. The highest BCUT2D eigenvalue weighted by atomic mass is 32.1. The molecule has 0 aliphatic rings. The maximum Gasteiger partial charge on any atom is 0.269 e. The molecule has 32 heavy (non-hydrogen) atoms. The van der Waals surface area contributed by atoms with Gasteiger partial charge in [0.25, 0.3) is 5.91 Å². The smallest absolute Gasteiger partial charge is 0.269 e. The number of anilines is 1. The summed E-state index contributed by atoms with van der Waals surface area (Å²) in [6.07, 6.45) is 2.70. The molecule has 0 unspecified atom stereocenters. The Kier molecular flexibility index (Phi) is 6.14. The number of carbonyl (C=O) groups is 1. The van der Waals surface area contributed by atoms with Crippen LogP contribution in [-0.4, -0.2) is 31.8 Å². The Balaban J connectivity index is 1.42. The first-order chi connectivity index (χ1) is 15.6. The van der Waals surface area contributed by atoms with Crippen LogP contribution < -0.4 is 11.1 Å². The minimum absolute atomic E-state index is 0.240. The lowest BCUT2D eigenvalue weighted by atomic mass is 10.1. The predicted octanol–water partition coefficient (Wildman–Crippen LogP) is 3.54. The highest BCUT2D eigenvalue weighted by Crippen LogP contribution is 2.21. The van der Waals surface area contributed by atoms with Crippen molar-refractivity contribution < 1.29 is 4.79 Å². The van der Waals surface area contributed by atoms with E-state index in [-0.39, 0.29) is 5.91 Å². The van der Waals surface area contributed by atoms with Gasteiger partial charge in [0.1, 0.15) is 23.1 Å². The molecular formula is C23H21N7OS. The number of nitriles is 1. The average molecular weight is 444 g/mol. The van der Waals surface area contributed by atoms with Gasteiger partial charge < -0.3 is 16.0 Å². The number of nitrogens with two attached hydrogens (primary N) is 1. The quantitative estimate of drug-likeness (QED) is 0.298. The molecule has 0 bridgehead atoms. The fraction of sp³-hybridized carbons (Fsp3) is 0.130. The van der Waals surface area contributed by atoms with E-state index in [1.54, 1.807) is 15.4 Å². The van der Waals surface area contributed by atoms with Gasteiger partial charge >= 0.3 is 0 Å². The summed E-state index contributed by atoms with van der Waals surface area (Å²) in [7, 11) is 0. The number of hydrogen-bond acceptors (Lipinski definition) is 5. The van der Waals surface area contributed by atoms with E-state index in [0.29, 0.717) is 46.9 Å². The third-order valence-electron chi connectivity index (χ3n) is 5.01. The van der Waals surface area contributed by atoms with E-state index < -0.39 is 0 Å². The van der Waals surface area contributed by atoms with Gasteiger partial charge in [-0.2, -0.15) is 10.4 Å². The second-order valence-corrected chi connectivity index (χ2v) is 7.46. The summed E-state index contributed by atoms with van der Waals surface area (Å²) in [5.74, 6) is 0.0722. The van der Waals surface area contributed by atoms with Gasteiger partial charge in [-0.25, -0.2) is 4.68 Å². The van der Waals surface area contributed by atoms with E-state index in [4.69, 9.17) is 18.0 Å². The van der Waals surface area contributed by atoms with Crippen LogP contribution in [0.25, 0.3) is 11.4 Å². The van der Waals surface area contributed by atoms with Crippen molar-refractivity contribution in [3.8, 4) is 17.4 Å². The number of para-hydroxylation sites is 2. The molecule has 0 saturated heterocycles. The molecule has 9 heteroatoms. The topological polar surface area (TPSA) is 117 Å². The molecule has 8 nitrogen and oxygen atoms in total. The lowest BCUT2D eigenvalue weighted by molar-refractivity contribution is 0.0946. The van der Waals surface area contributed by atoms with E-state index in [9.17, 15) is 10.1 Å². The number of aryl methyl sites for hydroxylation is 1. The molecule has 1 amide bonds. The number of amides is 1. The van der Waals surface area contributed by atoms with Crippen LogP contribution in [0.5, 0.6) is 0 Å². The molecule has 2 heterocycles. The average Bonchev–Trinajstić information content (AvgIpc) is 3.37. The Morgan fingerprint density at radius 3 is 2.44 bits per heavy atom. The summed E-state index contributed by atoms with van der Waals surface area (Å²) in [4.78, 5) is 15.7. The first-order valence-corrected chi connectivity index (χ1v) is 10.5. The van der Waals surface area contributed by atoms with E-state index >= 15 is 0 Å². The van der Waals surface area contributed by atoms with Crippen molar-refractivity contribution >= 4 is 23.9 Å². The lowest BCUT2D eigenvalue weighted by Crippen LogP contribution is -2.27. The van der Waals surface area contributed by atoms with Gasteiger partial charge in [0.15, 0.2) is 4.77 Å². The van der Waals surface area contributed by atoms with Crippen molar-refractivity contribution in [1.29, 1.82) is 5.26 Å². The van der Waals surface area contributed by atoms with Gasteiger partial charge in [0.05, 0.1) is 11.4 Å². The zero-order chi connectivity index (χ0) is 22.5. The number of nitrogens with one attached hydrogen (secondary N) is 2. The van der Waals surface area contributed by atoms with Crippen LogP contribution in [0.2, 0.25) is 0 Å². The van der Waals surface area contributed by atoms with Crippen LogP contribution in [0, 0.1) is 16.1 Å². The summed E-state index contributed by atoms with van der Waals surface area (Å²) in [6.45, 7) is 0.411. The fourth-order valence-electron chi connectivity index (χ4n) is 3.46. The van der Waals surface area contributed by atoms with Gasteiger partial charge in [0, 0.05) is 18.4 Å². The second-order valence-electron chi connectivity index (χ2n) is 7.08. The molecule has 0 atom stereocenters. The minimum Gasteiger partial charge on any atom is -0.382 e. The molecule has 2 aromatic carbocycles. The van der Waals surface area contributed by atoms with Crippen LogP contribution >= 0.6 is 12.2 Å². The molecule has 4 N–H and O–H groups in total. The monoisotopic (exact) mass is 443 g/mol. The third kappa shape index (κ3) is 4.17. The second kappa shape index (κ2) is 9.32. The fourth-order valence-corrected chi connectivity index (χ4v) is 3.72. The largest absolute Gasteiger partial charge is 0.382 e. The van der Waals surface area contributed by atoms with Crippen molar-refractivity contribution in [3.05, 3.63) is 88.6 Å². The molecule has 2 aromatic heterocycles. The number of rotatable bonds is 7. The van der Waals surface area contributed by atoms with Crippen molar-refractivity contribution in [2.75, 3.05) is 12.3 Å². The number of imidazole rings is 1. The summed E-state index contributed by atoms with van der Waals surface area (Å²) >= 11 is 5.33. The molecule has 4 aromatic rings. The molecular weight excluding hydrogens is 422 g/mol. The maximum atomic E-state index is 12.7.